The van der Waals surface area contributed by atoms with Crippen molar-refractivity contribution >= 4 is 23.9 Å². The molecule has 0 saturated carbocycles. The Hall–Kier alpha value is -2.35. The third kappa shape index (κ3) is 4.56. The molecule has 0 fully saturated rings. The van der Waals surface area contributed by atoms with Crippen LogP contribution in [0.2, 0.25) is 0 Å². The van der Waals surface area contributed by atoms with Gasteiger partial charge >= 0.3 is 5.97 Å². The van der Waals surface area contributed by atoms with E-state index in [1.54, 1.807) is 18.0 Å². The zero-order chi connectivity index (χ0) is 16.8. The number of carbonyl (C=O) groups excluding carboxylic acids is 1. The zero-order valence-electron chi connectivity index (χ0n) is 12.5. The van der Waals surface area contributed by atoms with Gasteiger partial charge in [0.15, 0.2) is 22.7 Å². The lowest BCUT2D eigenvalue weighted by atomic mass is 10.2. The van der Waals surface area contributed by atoms with Gasteiger partial charge in [-0.1, -0.05) is 0 Å². The van der Waals surface area contributed by atoms with Crippen molar-refractivity contribution in [3.8, 4) is 17.2 Å². The highest BCUT2D eigenvalue weighted by Gasteiger charge is 2.15. The van der Waals surface area contributed by atoms with Crippen LogP contribution in [0.4, 0.5) is 0 Å². The molecule has 0 saturated heterocycles. The number of allylic oxidation sites excluding steroid dienone is 1. The van der Waals surface area contributed by atoms with Crippen LogP contribution in [-0.4, -0.2) is 57.3 Å². The number of ether oxygens (including phenoxy) is 1. The Morgan fingerprint density at radius 2 is 2.04 bits per heavy atom. The van der Waals surface area contributed by atoms with E-state index >= 15 is 0 Å². The number of nitrogens with zero attached hydrogens (tertiary/aromatic N) is 2. The second kappa shape index (κ2) is 7.77. The van der Waals surface area contributed by atoms with Crippen molar-refractivity contribution in [2.45, 2.75) is 11.9 Å². The molecule has 1 aromatic carbocycles. The summed E-state index contributed by atoms with van der Waals surface area (Å²) in [4.78, 5) is 18.1. The van der Waals surface area contributed by atoms with E-state index in [0.29, 0.717) is 6.42 Å². The molecule has 0 aliphatic carbocycles. The van der Waals surface area contributed by atoms with Crippen molar-refractivity contribution in [3.05, 3.63) is 30.0 Å². The molecule has 2 rings (SSSR count). The maximum absolute atomic E-state index is 11.8. The van der Waals surface area contributed by atoms with Crippen LogP contribution in [-0.2, 0) is 4.74 Å². The van der Waals surface area contributed by atoms with Gasteiger partial charge in [-0.25, -0.2) is 4.79 Å². The summed E-state index contributed by atoms with van der Waals surface area (Å²) in [5.74, 6) is -1.71. The Balaban J connectivity index is 1.73. The standard InChI is InChI=1S/C15H18N2O5S/c1-17-5-2-4-16-15(17)23-7-3-6-22-14(21)10-8-11(18)13(20)12(19)9-10/h2,4-5,8-9,15,18-20H,3,6-7H2,1H3. The van der Waals surface area contributed by atoms with Crippen LogP contribution in [0, 0.1) is 0 Å². The molecule has 1 aliphatic heterocycles. The van der Waals surface area contributed by atoms with Crippen LogP contribution in [0.25, 0.3) is 0 Å². The van der Waals surface area contributed by atoms with Gasteiger partial charge in [-0.2, -0.15) is 0 Å². The van der Waals surface area contributed by atoms with Crippen molar-refractivity contribution < 1.29 is 24.9 Å². The first kappa shape index (κ1) is 17.0. The van der Waals surface area contributed by atoms with Crippen molar-refractivity contribution in [2.75, 3.05) is 19.4 Å². The number of benzene rings is 1. The molecule has 23 heavy (non-hydrogen) atoms. The van der Waals surface area contributed by atoms with E-state index in [1.165, 1.54) is 0 Å². The maximum atomic E-state index is 11.8. The second-order valence-corrected chi connectivity index (χ2v) is 6.02. The molecule has 1 aromatic rings. The summed E-state index contributed by atoms with van der Waals surface area (Å²) in [6.07, 6.45) is 6.20. The first-order valence-corrected chi connectivity index (χ1v) is 7.99. The Bertz CT molecular complexity index is 609. The van der Waals surface area contributed by atoms with Crippen LogP contribution in [0.3, 0.4) is 0 Å². The number of thioether (sulfide) groups is 1. The highest BCUT2D eigenvalue weighted by molar-refractivity contribution is 7.99. The van der Waals surface area contributed by atoms with E-state index < -0.39 is 23.2 Å². The molecule has 8 heteroatoms. The molecule has 0 spiro atoms. The van der Waals surface area contributed by atoms with Crippen molar-refractivity contribution in [1.29, 1.82) is 0 Å². The normalized spacial score (nSPS) is 16.6. The van der Waals surface area contributed by atoms with E-state index in [0.717, 1.165) is 17.9 Å². The third-order valence-electron chi connectivity index (χ3n) is 3.06. The molecule has 1 aliphatic rings. The number of phenols is 3. The Morgan fingerprint density at radius 3 is 2.70 bits per heavy atom. The Kier molecular flexibility index (Phi) is 5.75. The van der Waals surface area contributed by atoms with Gasteiger partial charge in [-0.3, -0.25) is 4.99 Å². The average molecular weight is 338 g/mol. The molecular weight excluding hydrogens is 320 g/mol. The highest BCUT2D eigenvalue weighted by atomic mass is 32.2. The molecule has 7 nitrogen and oxygen atoms in total. The Labute approximate surface area is 137 Å². The highest BCUT2D eigenvalue weighted by Crippen LogP contribution is 2.35. The van der Waals surface area contributed by atoms with Crippen molar-refractivity contribution in [2.24, 2.45) is 4.99 Å². The summed E-state index contributed by atoms with van der Waals surface area (Å²) >= 11 is 1.63. The molecular formula is C15H18N2O5S. The summed E-state index contributed by atoms with van der Waals surface area (Å²) in [6, 6.07) is 2.09. The first-order valence-electron chi connectivity index (χ1n) is 6.94. The summed E-state index contributed by atoms with van der Waals surface area (Å²) in [5.41, 5.74) is 0.00824. The molecule has 1 unspecified atom stereocenters. The van der Waals surface area contributed by atoms with Gasteiger partial charge in [0, 0.05) is 25.2 Å². The molecule has 0 amide bonds. The monoisotopic (exact) mass is 338 g/mol. The van der Waals surface area contributed by atoms with E-state index in [4.69, 9.17) is 4.74 Å². The molecule has 124 valence electrons. The summed E-state index contributed by atoms with van der Waals surface area (Å²) in [6.45, 7) is 0.213. The lowest BCUT2D eigenvalue weighted by Crippen LogP contribution is -2.24. The largest absolute Gasteiger partial charge is 0.504 e. The predicted octanol–water partition coefficient (Wildman–Crippen LogP) is 1.90. The van der Waals surface area contributed by atoms with Gasteiger partial charge in [0.25, 0.3) is 0 Å². The second-order valence-electron chi connectivity index (χ2n) is 4.85. The minimum absolute atomic E-state index is 0.0211. The smallest absolute Gasteiger partial charge is 0.338 e. The SMILES string of the molecule is CN1C=CC=NC1SCCCOC(=O)c1cc(O)c(O)c(O)c1. The van der Waals surface area contributed by atoms with Gasteiger partial charge in [0.1, 0.15) is 0 Å². The number of hydrogen-bond acceptors (Lipinski definition) is 8. The fraction of sp³-hybridized carbons (Fsp3) is 0.333. The van der Waals surface area contributed by atoms with Gasteiger partial charge in [-0.05, 0) is 24.6 Å². The lowest BCUT2D eigenvalue weighted by molar-refractivity contribution is 0.0505. The minimum Gasteiger partial charge on any atom is -0.504 e. The zero-order valence-corrected chi connectivity index (χ0v) is 13.4. The topological polar surface area (TPSA) is 103 Å². The van der Waals surface area contributed by atoms with Gasteiger partial charge in [0.2, 0.25) is 0 Å². The van der Waals surface area contributed by atoms with E-state index in [2.05, 4.69) is 4.99 Å². The van der Waals surface area contributed by atoms with E-state index in [-0.39, 0.29) is 17.7 Å². The Morgan fingerprint density at radius 1 is 1.35 bits per heavy atom. The fourth-order valence-corrected chi connectivity index (χ4v) is 2.81. The quantitative estimate of drug-likeness (QED) is 0.413. The van der Waals surface area contributed by atoms with Crippen molar-refractivity contribution in [1.82, 2.24) is 4.90 Å². The molecule has 1 atom stereocenters. The third-order valence-corrected chi connectivity index (χ3v) is 4.34. The maximum Gasteiger partial charge on any atom is 0.338 e. The van der Waals surface area contributed by atoms with Crippen LogP contribution < -0.4 is 0 Å². The van der Waals surface area contributed by atoms with Gasteiger partial charge in [-0.15, -0.1) is 11.8 Å². The number of rotatable bonds is 6. The molecule has 0 aromatic heterocycles. The molecule has 0 bridgehead atoms. The number of carbonyl (C=O) groups is 1. The summed E-state index contributed by atoms with van der Waals surface area (Å²) in [5, 5.41) is 28.0. The minimum atomic E-state index is -0.670. The fourth-order valence-electron chi connectivity index (χ4n) is 1.85. The number of phenolic OH excluding ortho intramolecular Hbond substituents is 3. The molecule has 0 radical (unpaired) electrons. The van der Waals surface area contributed by atoms with E-state index in [1.807, 2.05) is 24.2 Å². The van der Waals surface area contributed by atoms with Gasteiger partial charge in [0.05, 0.1) is 12.2 Å². The number of esters is 1. The summed E-state index contributed by atoms with van der Waals surface area (Å²) < 4.78 is 5.07. The van der Waals surface area contributed by atoms with E-state index in [9.17, 15) is 20.1 Å². The lowest BCUT2D eigenvalue weighted by Gasteiger charge is -2.24. The summed E-state index contributed by atoms with van der Waals surface area (Å²) in [7, 11) is 1.94. The average Bonchev–Trinajstić information content (AvgIpc) is 2.53. The van der Waals surface area contributed by atoms with Crippen LogP contribution in [0.1, 0.15) is 16.8 Å². The predicted molar refractivity (Wildman–Crippen MR) is 88.0 cm³/mol. The number of aromatic hydroxyl groups is 3. The molecule has 1 heterocycles. The first-order chi connectivity index (χ1) is 11.0. The van der Waals surface area contributed by atoms with Crippen LogP contribution in [0.5, 0.6) is 17.2 Å². The van der Waals surface area contributed by atoms with Crippen LogP contribution in [0.15, 0.2) is 29.4 Å². The molecule has 3 N–H and O–H groups in total. The van der Waals surface area contributed by atoms with Gasteiger partial charge < -0.3 is 25.0 Å². The number of aliphatic imine (C=N–C) groups is 1. The number of hydrogen-bond donors (Lipinski definition) is 3. The van der Waals surface area contributed by atoms with Crippen molar-refractivity contribution in [3.63, 3.8) is 0 Å². The van der Waals surface area contributed by atoms with Crippen LogP contribution >= 0.6 is 11.8 Å².